The third-order valence-electron chi connectivity index (χ3n) is 5.52. The lowest BCUT2D eigenvalue weighted by Gasteiger charge is -2.14. The van der Waals surface area contributed by atoms with Crippen LogP contribution < -0.4 is 14.8 Å². The predicted octanol–water partition coefficient (Wildman–Crippen LogP) is 6.66. The van der Waals surface area contributed by atoms with E-state index in [9.17, 15) is 10.1 Å². The maximum atomic E-state index is 12.8. The van der Waals surface area contributed by atoms with Crippen molar-refractivity contribution >= 4 is 40.3 Å². The van der Waals surface area contributed by atoms with Gasteiger partial charge in [0.25, 0.3) is 5.91 Å². The summed E-state index contributed by atoms with van der Waals surface area (Å²) in [5.74, 6) is 0.700. The van der Waals surface area contributed by atoms with Crippen LogP contribution >= 0.6 is 22.6 Å². The van der Waals surface area contributed by atoms with E-state index in [1.807, 2.05) is 50.2 Å². The van der Waals surface area contributed by atoms with Gasteiger partial charge in [-0.1, -0.05) is 30.3 Å². The number of anilines is 1. The summed E-state index contributed by atoms with van der Waals surface area (Å²) in [6, 6.07) is 17.7. The highest BCUT2D eigenvalue weighted by Gasteiger charge is 2.15. The van der Waals surface area contributed by atoms with Crippen LogP contribution in [0.5, 0.6) is 11.5 Å². The fourth-order valence-corrected chi connectivity index (χ4v) is 4.17. The number of hydrogen-bond acceptors (Lipinski definition) is 4. The first kappa shape index (κ1) is 25.3. The standard InChI is InChI=1S/C28H27IN2O3/c1-17-6-7-19(3)25(10-17)31-28(32)23(15-30)12-22-13-24(29)27(26(14-22)33-5)34-16-21-9-8-18(2)20(4)11-21/h6-14H,16H2,1-5H3,(H,31,32)/b23-12+. The van der Waals surface area contributed by atoms with Gasteiger partial charge in [-0.25, -0.2) is 0 Å². The Bertz CT molecular complexity index is 1310. The number of benzene rings is 3. The molecule has 0 unspecified atom stereocenters. The predicted molar refractivity (Wildman–Crippen MR) is 144 cm³/mol. The maximum Gasteiger partial charge on any atom is 0.266 e. The van der Waals surface area contributed by atoms with E-state index in [2.05, 4.69) is 53.9 Å². The number of nitrogens with one attached hydrogen (secondary N) is 1. The minimum Gasteiger partial charge on any atom is -0.493 e. The number of ether oxygens (including phenoxy) is 2. The largest absolute Gasteiger partial charge is 0.493 e. The fraction of sp³-hybridized carbons (Fsp3) is 0.214. The monoisotopic (exact) mass is 566 g/mol. The SMILES string of the molecule is COc1cc(/C=C(\C#N)C(=O)Nc2cc(C)ccc2C)cc(I)c1OCc1ccc(C)c(C)c1. The van der Waals surface area contributed by atoms with Gasteiger partial charge >= 0.3 is 0 Å². The molecule has 3 aromatic carbocycles. The number of halogens is 1. The summed E-state index contributed by atoms with van der Waals surface area (Å²) in [4.78, 5) is 12.8. The molecule has 0 atom stereocenters. The Balaban J connectivity index is 1.83. The number of carbonyl (C=O) groups excluding carboxylic acids is 1. The zero-order valence-electron chi connectivity index (χ0n) is 20.0. The molecule has 0 saturated carbocycles. The molecule has 1 amide bonds. The molecule has 0 heterocycles. The molecule has 1 N–H and O–H groups in total. The number of amides is 1. The molecule has 0 spiro atoms. The van der Waals surface area contributed by atoms with Gasteiger partial charge in [0.2, 0.25) is 0 Å². The lowest BCUT2D eigenvalue weighted by Crippen LogP contribution is -2.14. The molecule has 0 aliphatic rings. The van der Waals surface area contributed by atoms with Crippen molar-refractivity contribution in [2.45, 2.75) is 34.3 Å². The topological polar surface area (TPSA) is 71.3 Å². The third kappa shape index (κ3) is 6.17. The second kappa shape index (κ2) is 11.2. The van der Waals surface area contributed by atoms with Crippen molar-refractivity contribution in [3.8, 4) is 17.6 Å². The Kier molecular flexibility index (Phi) is 8.35. The summed E-state index contributed by atoms with van der Waals surface area (Å²) in [7, 11) is 1.57. The van der Waals surface area contributed by atoms with Crippen molar-refractivity contribution in [2.24, 2.45) is 0 Å². The molecule has 0 aliphatic heterocycles. The Morgan fingerprint density at radius 3 is 2.44 bits per heavy atom. The van der Waals surface area contributed by atoms with Gasteiger partial charge in [-0.2, -0.15) is 5.26 Å². The fourth-order valence-electron chi connectivity index (χ4n) is 3.39. The highest BCUT2D eigenvalue weighted by molar-refractivity contribution is 14.1. The number of hydrogen-bond donors (Lipinski definition) is 1. The van der Waals surface area contributed by atoms with Crippen LogP contribution in [0.25, 0.3) is 6.08 Å². The Hall–Kier alpha value is -3.31. The van der Waals surface area contributed by atoms with Crippen LogP contribution in [0.1, 0.15) is 33.4 Å². The highest BCUT2D eigenvalue weighted by Crippen LogP contribution is 2.35. The molecule has 34 heavy (non-hydrogen) atoms. The number of nitriles is 1. The first-order valence-corrected chi connectivity index (χ1v) is 11.9. The average molecular weight is 566 g/mol. The summed E-state index contributed by atoms with van der Waals surface area (Å²) in [5, 5.41) is 12.5. The average Bonchev–Trinajstić information content (AvgIpc) is 2.80. The van der Waals surface area contributed by atoms with E-state index in [1.165, 1.54) is 11.1 Å². The zero-order chi connectivity index (χ0) is 24.8. The summed E-state index contributed by atoms with van der Waals surface area (Å²) in [6.45, 7) is 8.43. The van der Waals surface area contributed by atoms with Crippen LogP contribution in [0.4, 0.5) is 5.69 Å². The highest BCUT2D eigenvalue weighted by atomic mass is 127. The van der Waals surface area contributed by atoms with Gasteiger partial charge in [0, 0.05) is 5.69 Å². The summed E-state index contributed by atoms with van der Waals surface area (Å²) in [6.07, 6.45) is 1.55. The number of methoxy groups -OCH3 is 1. The van der Waals surface area contributed by atoms with E-state index in [4.69, 9.17) is 9.47 Å². The number of aryl methyl sites for hydroxylation is 4. The van der Waals surface area contributed by atoms with Crippen LogP contribution in [-0.4, -0.2) is 13.0 Å². The quantitative estimate of drug-likeness (QED) is 0.197. The number of nitrogens with zero attached hydrogens (tertiary/aromatic N) is 1. The molecule has 3 rings (SSSR count). The van der Waals surface area contributed by atoms with E-state index >= 15 is 0 Å². The lowest BCUT2D eigenvalue weighted by molar-refractivity contribution is -0.112. The minimum atomic E-state index is -0.458. The molecule has 3 aromatic rings. The molecular formula is C28H27IN2O3. The van der Waals surface area contributed by atoms with Crippen LogP contribution in [0.15, 0.2) is 54.1 Å². The molecule has 5 nitrogen and oxygen atoms in total. The van der Waals surface area contributed by atoms with Crippen molar-refractivity contribution in [3.05, 3.63) is 91.1 Å². The molecule has 174 valence electrons. The second-order valence-corrected chi connectivity index (χ2v) is 9.35. The summed E-state index contributed by atoms with van der Waals surface area (Å²) >= 11 is 2.17. The Labute approximate surface area is 214 Å². The normalized spacial score (nSPS) is 11.0. The molecule has 0 saturated heterocycles. The van der Waals surface area contributed by atoms with Gasteiger partial charge in [-0.3, -0.25) is 4.79 Å². The van der Waals surface area contributed by atoms with Gasteiger partial charge in [0.1, 0.15) is 18.2 Å². The minimum absolute atomic E-state index is 0.00237. The van der Waals surface area contributed by atoms with Crippen LogP contribution in [0.3, 0.4) is 0 Å². The Morgan fingerprint density at radius 2 is 1.76 bits per heavy atom. The van der Waals surface area contributed by atoms with Crippen LogP contribution in [0, 0.1) is 42.6 Å². The number of rotatable bonds is 7. The summed E-state index contributed by atoms with van der Waals surface area (Å²) in [5.41, 5.74) is 6.84. The van der Waals surface area contributed by atoms with Gasteiger partial charge < -0.3 is 14.8 Å². The van der Waals surface area contributed by atoms with Crippen LogP contribution in [0.2, 0.25) is 0 Å². The Morgan fingerprint density at radius 1 is 1.03 bits per heavy atom. The molecular weight excluding hydrogens is 539 g/mol. The summed E-state index contributed by atoms with van der Waals surface area (Å²) < 4.78 is 12.5. The third-order valence-corrected chi connectivity index (χ3v) is 6.32. The molecule has 0 aliphatic carbocycles. The van der Waals surface area contributed by atoms with E-state index in [0.717, 1.165) is 20.3 Å². The smallest absolute Gasteiger partial charge is 0.266 e. The van der Waals surface area contributed by atoms with Crippen molar-refractivity contribution in [1.29, 1.82) is 5.26 Å². The molecule has 6 heteroatoms. The van der Waals surface area contributed by atoms with Gasteiger partial charge in [-0.15, -0.1) is 0 Å². The van der Waals surface area contributed by atoms with E-state index in [-0.39, 0.29) is 5.57 Å². The molecule has 0 aromatic heterocycles. The van der Waals surface area contributed by atoms with Crippen molar-refractivity contribution < 1.29 is 14.3 Å². The van der Waals surface area contributed by atoms with E-state index < -0.39 is 5.91 Å². The number of carbonyl (C=O) groups is 1. The first-order valence-electron chi connectivity index (χ1n) is 10.8. The van der Waals surface area contributed by atoms with Crippen molar-refractivity contribution in [2.75, 3.05) is 12.4 Å². The lowest BCUT2D eigenvalue weighted by atomic mass is 10.1. The second-order valence-electron chi connectivity index (χ2n) is 8.18. The first-order chi connectivity index (χ1) is 16.2. The zero-order valence-corrected chi connectivity index (χ0v) is 22.1. The van der Waals surface area contributed by atoms with E-state index in [0.29, 0.717) is 29.4 Å². The van der Waals surface area contributed by atoms with Crippen molar-refractivity contribution in [3.63, 3.8) is 0 Å². The van der Waals surface area contributed by atoms with Gasteiger partial charge in [0.15, 0.2) is 11.5 Å². The van der Waals surface area contributed by atoms with Crippen LogP contribution in [-0.2, 0) is 11.4 Å². The molecule has 0 bridgehead atoms. The maximum absolute atomic E-state index is 12.8. The molecule has 0 fully saturated rings. The van der Waals surface area contributed by atoms with Gasteiger partial charge in [0.05, 0.1) is 10.7 Å². The molecule has 0 radical (unpaired) electrons. The van der Waals surface area contributed by atoms with Gasteiger partial charge in [-0.05, 0) is 108 Å². The van der Waals surface area contributed by atoms with E-state index in [1.54, 1.807) is 19.3 Å². The van der Waals surface area contributed by atoms with Crippen molar-refractivity contribution in [1.82, 2.24) is 0 Å².